The van der Waals surface area contributed by atoms with Crippen molar-refractivity contribution in [3.8, 4) is 0 Å². The summed E-state index contributed by atoms with van der Waals surface area (Å²) in [6.45, 7) is 2.97. The van der Waals surface area contributed by atoms with Gasteiger partial charge in [-0.25, -0.2) is 4.79 Å². The van der Waals surface area contributed by atoms with Gasteiger partial charge in [-0.2, -0.15) is 0 Å². The van der Waals surface area contributed by atoms with E-state index in [1.54, 1.807) is 4.90 Å². The minimum Gasteiger partial charge on any atom is -0.340 e. The summed E-state index contributed by atoms with van der Waals surface area (Å²) in [6, 6.07) is 9.07. The minimum absolute atomic E-state index is 0.0279. The monoisotopic (exact) mass is 342 g/mol. The smallest absolute Gasteiger partial charge is 0.318 e. The molecule has 4 rings (SSSR count). The number of likely N-dealkylation sites (tertiary alicyclic amines) is 1. The highest BCUT2D eigenvalue weighted by Crippen LogP contribution is 2.20. The molecule has 2 atom stereocenters. The molecule has 2 unspecified atom stereocenters. The first kappa shape index (κ1) is 16.4. The van der Waals surface area contributed by atoms with Gasteiger partial charge >= 0.3 is 6.03 Å². The van der Waals surface area contributed by atoms with Crippen molar-refractivity contribution in [3.63, 3.8) is 0 Å². The van der Waals surface area contributed by atoms with Crippen LogP contribution in [0.3, 0.4) is 0 Å². The maximum absolute atomic E-state index is 12.5. The van der Waals surface area contributed by atoms with Gasteiger partial charge in [0, 0.05) is 38.3 Å². The Hall–Kier alpha value is -2.08. The van der Waals surface area contributed by atoms with Gasteiger partial charge in [0.2, 0.25) is 5.91 Å². The lowest BCUT2D eigenvalue weighted by atomic mass is 10.0. The average Bonchev–Trinajstić information content (AvgIpc) is 2.97. The Bertz CT molecular complexity index is 663. The lowest BCUT2D eigenvalue weighted by Gasteiger charge is -2.29. The van der Waals surface area contributed by atoms with Gasteiger partial charge < -0.3 is 20.4 Å². The summed E-state index contributed by atoms with van der Waals surface area (Å²) in [5, 5.41) is 6.39. The Morgan fingerprint density at radius 1 is 1.04 bits per heavy atom. The molecule has 2 bridgehead atoms. The zero-order valence-corrected chi connectivity index (χ0v) is 14.5. The summed E-state index contributed by atoms with van der Waals surface area (Å²) in [5.41, 5.74) is 2.51. The predicted octanol–water partition coefficient (Wildman–Crippen LogP) is 1.11. The first-order valence-electron chi connectivity index (χ1n) is 9.32. The highest BCUT2D eigenvalue weighted by atomic mass is 16.2. The fraction of sp³-hybridized carbons (Fsp3) is 0.579. The van der Waals surface area contributed by atoms with Gasteiger partial charge in [-0.05, 0) is 36.8 Å². The summed E-state index contributed by atoms with van der Waals surface area (Å²) in [6.07, 6.45) is 4.26. The summed E-state index contributed by atoms with van der Waals surface area (Å²) in [5.74, 6) is 0.0279. The van der Waals surface area contributed by atoms with Crippen molar-refractivity contribution in [3.05, 3.63) is 35.4 Å². The lowest BCUT2D eigenvalue weighted by Crippen LogP contribution is -2.48. The van der Waals surface area contributed by atoms with Gasteiger partial charge in [-0.1, -0.05) is 24.3 Å². The molecule has 1 aromatic rings. The predicted molar refractivity (Wildman–Crippen MR) is 95.1 cm³/mol. The van der Waals surface area contributed by atoms with Gasteiger partial charge in [-0.3, -0.25) is 4.79 Å². The van der Waals surface area contributed by atoms with Crippen LogP contribution in [-0.4, -0.2) is 60.0 Å². The van der Waals surface area contributed by atoms with Crippen molar-refractivity contribution in [1.82, 2.24) is 20.4 Å². The van der Waals surface area contributed by atoms with Crippen LogP contribution in [-0.2, 0) is 17.8 Å². The van der Waals surface area contributed by atoms with E-state index in [2.05, 4.69) is 22.8 Å². The number of nitrogens with one attached hydrogen (secondary N) is 2. The third-order valence-electron chi connectivity index (χ3n) is 5.68. The van der Waals surface area contributed by atoms with E-state index >= 15 is 0 Å². The second-order valence-electron chi connectivity index (χ2n) is 7.37. The molecule has 3 amide bonds. The molecular weight excluding hydrogens is 316 g/mol. The maximum Gasteiger partial charge on any atom is 0.318 e. The van der Waals surface area contributed by atoms with Crippen molar-refractivity contribution in [2.24, 2.45) is 0 Å². The highest BCUT2D eigenvalue weighted by Gasteiger charge is 2.31. The molecule has 6 heteroatoms. The third-order valence-corrected chi connectivity index (χ3v) is 5.68. The molecule has 3 aliphatic heterocycles. The van der Waals surface area contributed by atoms with Crippen LogP contribution in [0, 0.1) is 0 Å². The molecule has 2 saturated heterocycles. The van der Waals surface area contributed by atoms with E-state index in [4.69, 9.17) is 0 Å². The van der Waals surface area contributed by atoms with Crippen molar-refractivity contribution in [2.75, 3.05) is 26.2 Å². The van der Waals surface area contributed by atoms with E-state index in [0.717, 1.165) is 32.4 Å². The molecule has 3 aliphatic rings. The van der Waals surface area contributed by atoms with Crippen LogP contribution < -0.4 is 10.6 Å². The van der Waals surface area contributed by atoms with Crippen LogP contribution in [0.5, 0.6) is 0 Å². The standard InChI is InChI=1S/C19H26N4O2/c24-18(22-10-8-16-5-6-17(13-22)21-16)11-20-19(25)23-9-7-14-3-1-2-4-15(14)12-23/h1-4,16-17,21H,5-13H2,(H,20,25). The molecule has 6 nitrogen and oxygen atoms in total. The number of rotatable bonds is 2. The quantitative estimate of drug-likeness (QED) is 0.846. The topological polar surface area (TPSA) is 64.7 Å². The SMILES string of the molecule is O=C(CNC(=O)N1CCc2ccccc2C1)N1CCC2CCC(C1)N2. The van der Waals surface area contributed by atoms with E-state index in [1.807, 2.05) is 17.0 Å². The van der Waals surface area contributed by atoms with Crippen molar-refractivity contribution >= 4 is 11.9 Å². The Morgan fingerprint density at radius 2 is 1.84 bits per heavy atom. The van der Waals surface area contributed by atoms with E-state index in [1.165, 1.54) is 17.5 Å². The van der Waals surface area contributed by atoms with Crippen LogP contribution in [0.15, 0.2) is 24.3 Å². The van der Waals surface area contributed by atoms with Crippen molar-refractivity contribution < 1.29 is 9.59 Å². The van der Waals surface area contributed by atoms with E-state index in [9.17, 15) is 9.59 Å². The molecule has 2 N–H and O–H groups in total. The first-order valence-corrected chi connectivity index (χ1v) is 9.32. The van der Waals surface area contributed by atoms with Crippen LogP contribution in [0.4, 0.5) is 4.79 Å². The molecule has 0 saturated carbocycles. The van der Waals surface area contributed by atoms with Crippen LogP contribution in [0.1, 0.15) is 30.4 Å². The third kappa shape index (κ3) is 3.63. The van der Waals surface area contributed by atoms with E-state index in [0.29, 0.717) is 25.2 Å². The molecule has 25 heavy (non-hydrogen) atoms. The molecule has 3 heterocycles. The van der Waals surface area contributed by atoms with Crippen LogP contribution in [0.2, 0.25) is 0 Å². The number of nitrogens with zero attached hydrogens (tertiary/aromatic N) is 2. The maximum atomic E-state index is 12.5. The summed E-state index contributed by atoms with van der Waals surface area (Å²) >= 11 is 0. The van der Waals surface area contributed by atoms with Crippen LogP contribution in [0.25, 0.3) is 0 Å². The largest absolute Gasteiger partial charge is 0.340 e. The van der Waals surface area contributed by atoms with Crippen molar-refractivity contribution in [2.45, 2.75) is 44.3 Å². The zero-order valence-electron chi connectivity index (χ0n) is 14.5. The molecule has 134 valence electrons. The second-order valence-corrected chi connectivity index (χ2v) is 7.37. The van der Waals surface area contributed by atoms with Gasteiger partial charge in [0.15, 0.2) is 0 Å². The molecule has 2 fully saturated rings. The number of urea groups is 1. The Labute approximate surface area is 148 Å². The van der Waals surface area contributed by atoms with Gasteiger partial charge in [-0.15, -0.1) is 0 Å². The van der Waals surface area contributed by atoms with E-state index in [-0.39, 0.29) is 18.5 Å². The normalized spacial score (nSPS) is 25.3. The number of carbonyl (C=O) groups is 2. The average molecular weight is 342 g/mol. The number of amides is 3. The fourth-order valence-electron chi connectivity index (χ4n) is 4.21. The summed E-state index contributed by atoms with van der Waals surface area (Å²) < 4.78 is 0. The highest BCUT2D eigenvalue weighted by molar-refractivity contribution is 5.84. The van der Waals surface area contributed by atoms with E-state index < -0.39 is 0 Å². The Morgan fingerprint density at radius 3 is 2.72 bits per heavy atom. The summed E-state index contributed by atoms with van der Waals surface area (Å²) in [7, 11) is 0. The lowest BCUT2D eigenvalue weighted by molar-refractivity contribution is -0.130. The van der Waals surface area contributed by atoms with Gasteiger partial charge in [0.1, 0.15) is 0 Å². The van der Waals surface area contributed by atoms with Gasteiger partial charge in [0.25, 0.3) is 0 Å². The number of hydrogen-bond donors (Lipinski definition) is 2. The summed E-state index contributed by atoms with van der Waals surface area (Å²) in [4.78, 5) is 28.6. The Balaban J connectivity index is 1.28. The number of benzene rings is 1. The second kappa shape index (κ2) is 7.04. The van der Waals surface area contributed by atoms with Crippen molar-refractivity contribution in [1.29, 1.82) is 0 Å². The Kier molecular flexibility index (Phi) is 4.61. The molecule has 0 radical (unpaired) electrons. The molecule has 1 aromatic carbocycles. The fourth-order valence-corrected chi connectivity index (χ4v) is 4.21. The number of hydrogen-bond acceptors (Lipinski definition) is 3. The molecular formula is C19H26N4O2. The van der Waals surface area contributed by atoms with Crippen LogP contribution >= 0.6 is 0 Å². The first-order chi connectivity index (χ1) is 12.2. The molecule has 0 aromatic heterocycles. The molecule has 0 aliphatic carbocycles. The van der Waals surface area contributed by atoms with Gasteiger partial charge in [0.05, 0.1) is 6.54 Å². The number of carbonyl (C=O) groups excluding carboxylic acids is 2. The molecule has 0 spiro atoms. The number of fused-ring (bicyclic) bond motifs is 3. The zero-order chi connectivity index (χ0) is 17.2. The minimum atomic E-state index is -0.141.